The van der Waals surface area contributed by atoms with Gasteiger partial charge in [0.25, 0.3) is 0 Å². The molecule has 0 fully saturated rings. The van der Waals surface area contributed by atoms with Crippen molar-refractivity contribution < 1.29 is 0 Å². The molecule has 0 spiro atoms. The molecule has 0 aliphatic heterocycles. The van der Waals surface area contributed by atoms with Crippen molar-refractivity contribution in [2.45, 2.75) is 25.9 Å². The fourth-order valence-corrected chi connectivity index (χ4v) is 1.06. The lowest BCUT2D eigenvalue weighted by atomic mass is 10.2. The fraction of sp³-hybridized carbons (Fsp3) is 0.625. The quantitative estimate of drug-likeness (QED) is 0.696. The molecule has 0 radical (unpaired) electrons. The van der Waals surface area contributed by atoms with E-state index in [4.69, 9.17) is 0 Å². The van der Waals surface area contributed by atoms with Crippen LogP contribution in [0, 0.1) is 0 Å². The van der Waals surface area contributed by atoms with Gasteiger partial charge in [0.1, 0.15) is 0 Å². The Bertz CT molecular complexity index is 177. The third kappa shape index (κ3) is 2.35. The van der Waals surface area contributed by atoms with Gasteiger partial charge in [-0.25, -0.2) is 0 Å². The van der Waals surface area contributed by atoms with Gasteiger partial charge in [-0.2, -0.15) is 5.10 Å². The van der Waals surface area contributed by atoms with E-state index in [1.54, 1.807) is 0 Å². The molecule has 11 heavy (non-hydrogen) atoms. The second-order valence-corrected chi connectivity index (χ2v) is 2.62. The van der Waals surface area contributed by atoms with Gasteiger partial charge in [-0.05, 0) is 19.5 Å². The highest BCUT2D eigenvalue weighted by atomic mass is 15.3. The lowest BCUT2D eigenvalue weighted by Gasteiger charge is -2.12. The Morgan fingerprint density at radius 3 is 2.91 bits per heavy atom. The SMILES string of the molecule is CCC(Cn1cccn1)NC. The predicted octanol–water partition coefficient (Wildman–Crippen LogP) is 0.881. The molecule has 3 heteroatoms. The molecule has 0 saturated carbocycles. The van der Waals surface area contributed by atoms with E-state index >= 15 is 0 Å². The van der Waals surface area contributed by atoms with Gasteiger partial charge in [-0.15, -0.1) is 0 Å². The smallest absolute Gasteiger partial charge is 0.0562 e. The van der Waals surface area contributed by atoms with Crippen molar-refractivity contribution >= 4 is 0 Å². The summed E-state index contributed by atoms with van der Waals surface area (Å²) < 4.78 is 1.95. The van der Waals surface area contributed by atoms with Crippen molar-refractivity contribution in [1.82, 2.24) is 15.1 Å². The predicted molar refractivity (Wildman–Crippen MR) is 45.4 cm³/mol. The first kappa shape index (κ1) is 8.27. The maximum Gasteiger partial charge on any atom is 0.0562 e. The highest BCUT2D eigenvalue weighted by Gasteiger charge is 2.02. The number of nitrogens with zero attached hydrogens (tertiary/aromatic N) is 2. The zero-order valence-electron chi connectivity index (χ0n) is 7.12. The first-order chi connectivity index (χ1) is 5.36. The summed E-state index contributed by atoms with van der Waals surface area (Å²) in [6.07, 6.45) is 4.93. The van der Waals surface area contributed by atoms with Crippen molar-refractivity contribution in [1.29, 1.82) is 0 Å². The molecule has 0 amide bonds. The Kier molecular flexibility index (Phi) is 3.11. The van der Waals surface area contributed by atoms with Crippen LogP contribution in [0.2, 0.25) is 0 Å². The van der Waals surface area contributed by atoms with Crippen LogP contribution in [0.4, 0.5) is 0 Å². The minimum Gasteiger partial charge on any atom is -0.315 e. The summed E-state index contributed by atoms with van der Waals surface area (Å²) >= 11 is 0. The van der Waals surface area contributed by atoms with Gasteiger partial charge >= 0.3 is 0 Å². The van der Waals surface area contributed by atoms with Gasteiger partial charge in [-0.3, -0.25) is 4.68 Å². The van der Waals surface area contributed by atoms with Gasteiger partial charge in [0.15, 0.2) is 0 Å². The van der Waals surface area contributed by atoms with E-state index in [0.717, 1.165) is 13.0 Å². The molecule has 1 rings (SSSR count). The average molecular weight is 153 g/mol. The van der Waals surface area contributed by atoms with Crippen LogP contribution in [0.1, 0.15) is 13.3 Å². The third-order valence-electron chi connectivity index (χ3n) is 1.87. The third-order valence-corrected chi connectivity index (χ3v) is 1.87. The minimum atomic E-state index is 0.537. The van der Waals surface area contributed by atoms with Gasteiger partial charge in [-0.1, -0.05) is 6.92 Å². The number of hydrogen-bond acceptors (Lipinski definition) is 2. The van der Waals surface area contributed by atoms with E-state index in [2.05, 4.69) is 17.3 Å². The van der Waals surface area contributed by atoms with Gasteiger partial charge in [0, 0.05) is 18.4 Å². The molecule has 0 aromatic carbocycles. The van der Waals surface area contributed by atoms with E-state index < -0.39 is 0 Å². The second-order valence-electron chi connectivity index (χ2n) is 2.62. The molecule has 0 aliphatic carbocycles. The molecular weight excluding hydrogens is 138 g/mol. The first-order valence-electron chi connectivity index (χ1n) is 4.01. The van der Waals surface area contributed by atoms with Crippen molar-refractivity contribution in [2.75, 3.05) is 7.05 Å². The molecule has 0 aliphatic rings. The standard InChI is InChI=1S/C8H15N3/c1-3-8(9-2)7-11-6-4-5-10-11/h4-6,8-9H,3,7H2,1-2H3. The number of aromatic nitrogens is 2. The van der Waals surface area contributed by atoms with Crippen LogP contribution in [-0.4, -0.2) is 22.9 Å². The van der Waals surface area contributed by atoms with Crippen LogP contribution in [0.3, 0.4) is 0 Å². The van der Waals surface area contributed by atoms with Crippen LogP contribution < -0.4 is 5.32 Å². The average Bonchev–Trinajstić information content (AvgIpc) is 2.52. The summed E-state index contributed by atoms with van der Waals surface area (Å²) in [7, 11) is 1.98. The van der Waals surface area contributed by atoms with Crippen molar-refractivity contribution in [3.05, 3.63) is 18.5 Å². The van der Waals surface area contributed by atoms with E-state index in [-0.39, 0.29) is 0 Å². The van der Waals surface area contributed by atoms with Gasteiger partial charge < -0.3 is 5.32 Å². The van der Waals surface area contributed by atoms with Gasteiger partial charge in [0.2, 0.25) is 0 Å². The number of hydrogen-bond donors (Lipinski definition) is 1. The zero-order chi connectivity index (χ0) is 8.10. The maximum atomic E-state index is 4.13. The molecule has 0 bridgehead atoms. The first-order valence-corrected chi connectivity index (χ1v) is 4.01. The van der Waals surface area contributed by atoms with Crippen LogP contribution in [0.5, 0.6) is 0 Å². The molecule has 1 aromatic rings. The number of likely N-dealkylation sites (N-methyl/N-ethyl adjacent to an activating group) is 1. The highest BCUT2D eigenvalue weighted by molar-refractivity contribution is 4.79. The molecule has 1 aromatic heterocycles. The topological polar surface area (TPSA) is 29.9 Å². The van der Waals surface area contributed by atoms with Crippen LogP contribution >= 0.6 is 0 Å². The Labute approximate surface area is 67.4 Å². The lowest BCUT2D eigenvalue weighted by molar-refractivity contribution is 0.443. The fourth-order valence-electron chi connectivity index (χ4n) is 1.06. The van der Waals surface area contributed by atoms with E-state index in [1.807, 2.05) is 30.2 Å². The highest BCUT2D eigenvalue weighted by Crippen LogP contribution is 1.94. The Morgan fingerprint density at radius 1 is 1.64 bits per heavy atom. The summed E-state index contributed by atoms with van der Waals surface area (Å²) in [4.78, 5) is 0. The van der Waals surface area contributed by atoms with Crippen molar-refractivity contribution in [3.63, 3.8) is 0 Å². The number of rotatable bonds is 4. The molecular formula is C8H15N3. The minimum absolute atomic E-state index is 0.537. The summed E-state index contributed by atoms with van der Waals surface area (Å²) in [5.41, 5.74) is 0. The van der Waals surface area contributed by atoms with E-state index in [9.17, 15) is 0 Å². The molecule has 1 unspecified atom stereocenters. The van der Waals surface area contributed by atoms with Crippen molar-refractivity contribution in [2.24, 2.45) is 0 Å². The van der Waals surface area contributed by atoms with Crippen LogP contribution in [0.15, 0.2) is 18.5 Å². The molecule has 1 heterocycles. The Morgan fingerprint density at radius 2 is 2.45 bits per heavy atom. The monoisotopic (exact) mass is 153 g/mol. The summed E-state index contributed by atoms with van der Waals surface area (Å²) in [6.45, 7) is 3.13. The van der Waals surface area contributed by atoms with Crippen molar-refractivity contribution in [3.8, 4) is 0 Å². The largest absolute Gasteiger partial charge is 0.315 e. The lowest BCUT2D eigenvalue weighted by Crippen LogP contribution is -2.29. The Hall–Kier alpha value is -0.830. The molecule has 1 atom stereocenters. The Balaban J connectivity index is 2.41. The summed E-state index contributed by atoms with van der Waals surface area (Å²) in [5, 5.41) is 7.36. The normalized spacial score (nSPS) is 13.3. The molecule has 62 valence electrons. The van der Waals surface area contributed by atoms with E-state index in [0.29, 0.717) is 6.04 Å². The van der Waals surface area contributed by atoms with E-state index in [1.165, 1.54) is 0 Å². The van der Waals surface area contributed by atoms with Gasteiger partial charge in [0.05, 0.1) is 6.54 Å². The molecule has 1 N–H and O–H groups in total. The summed E-state index contributed by atoms with van der Waals surface area (Å²) in [5.74, 6) is 0. The van der Waals surface area contributed by atoms with Crippen LogP contribution in [-0.2, 0) is 6.54 Å². The second kappa shape index (κ2) is 4.13. The molecule has 3 nitrogen and oxygen atoms in total. The molecule has 0 saturated heterocycles. The zero-order valence-corrected chi connectivity index (χ0v) is 7.12. The maximum absolute atomic E-state index is 4.13. The van der Waals surface area contributed by atoms with Crippen LogP contribution in [0.25, 0.3) is 0 Å². The summed E-state index contributed by atoms with van der Waals surface area (Å²) in [6, 6.07) is 2.48. The number of nitrogens with one attached hydrogen (secondary N) is 1.